The van der Waals surface area contributed by atoms with Crippen LogP contribution in [0.1, 0.15) is 46.5 Å². The van der Waals surface area contributed by atoms with Gasteiger partial charge in [-0.1, -0.05) is 18.0 Å². The molecule has 0 N–H and O–H groups in total. The first-order chi connectivity index (χ1) is 9.24. The van der Waals surface area contributed by atoms with E-state index < -0.39 is 8.80 Å². The third-order valence-corrected chi connectivity index (χ3v) is 5.80. The number of nitrogens with zero attached hydrogens (tertiary/aromatic N) is 3. The molecule has 0 radical (unpaired) electrons. The van der Waals surface area contributed by atoms with Crippen molar-refractivity contribution in [3.05, 3.63) is 10.4 Å². The van der Waals surface area contributed by atoms with E-state index in [1.807, 2.05) is 20.8 Å². The SMILES string of the molecule is CCO[Si](CCCCCCN=[N+]=[N-])(OCC)OCC. The van der Waals surface area contributed by atoms with Crippen LogP contribution in [-0.2, 0) is 13.3 Å². The highest BCUT2D eigenvalue weighted by atomic mass is 28.4. The molecule has 0 atom stereocenters. The summed E-state index contributed by atoms with van der Waals surface area (Å²) in [5, 5.41) is 3.52. The number of hydrogen-bond acceptors (Lipinski definition) is 4. The molecule has 0 saturated heterocycles. The number of hydrogen-bond donors (Lipinski definition) is 0. The second-order valence-corrected chi connectivity index (χ2v) is 6.83. The Balaban J connectivity index is 3.99. The van der Waals surface area contributed by atoms with E-state index in [0.717, 1.165) is 31.7 Å². The summed E-state index contributed by atoms with van der Waals surface area (Å²) in [6, 6.07) is 0.865. The molecule has 0 aromatic carbocycles. The molecule has 0 amide bonds. The maximum absolute atomic E-state index is 8.17. The van der Waals surface area contributed by atoms with Gasteiger partial charge in [0, 0.05) is 37.3 Å². The van der Waals surface area contributed by atoms with Crippen molar-refractivity contribution in [3.63, 3.8) is 0 Å². The summed E-state index contributed by atoms with van der Waals surface area (Å²) in [7, 11) is -2.45. The third kappa shape index (κ3) is 9.02. The van der Waals surface area contributed by atoms with Gasteiger partial charge in [0.25, 0.3) is 0 Å². The molecule has 19 heavy (non-hydrogen) atoms. The van der Waals surface area contributed by atoms with Gasteiger partial charge in [0.15, 0.2) is 0 Å². The van der Waals surface area contributed by atoms with Crippen molar-refractivity contribution in [2.24, 2.45) is 5.11 Å². The molecule has 0 bridgehead atoms. The fourth-order valence-electron chi connectivity index (χ4n) is 1.92. The molecule has 0 spiro atoms. The van der Waals surface area contributed by atoms with Crippen LogP contribution in [0.3, 0.4) is 0 Å². The smallest absolute Gasteiger partial charge is 0.374 e. The molecule has 0 aliphatic heterocycles. The van der Waals surface area contributed by atoms with E-state index in [4.69, 9.17) is 18.8 Å². The maximum Gasteiger partial charge on any atom is 0.500 e. The Morgan fingerprint density at radius 2 is 1.42 bits per heavy atom. The van der Waals surface area contributed by atoms with Gasteiger partial charge in [-0.25, -0.2) is 0 Å². The first-order valence-corrected chi connectivity index (χ1v) is 9.10. The average Bonchev–Trinajstić information content (AvgIpc) is 2.39. The van der Waals surface area contributed by atoms with E-state index >= 15 is 0 Å². The number of rotatable bonds is 13. The largest absolute Gasteiger partial charge is 0.500 e. The van der Waals surface area contributed by atoms with Crippen LogP contribution in [0.5, 0.6) is 0 Å². The van der Waals surface area contributed by atoms with Crippen molar-refractivity contribution in [1.82, 2.24) is 0 Å². The summed E-state index contributed by atoms with van der Waals surface area (Å²) in [4.78, 5) is 2.74. The van der Waals surface area contributed by atoms with Crippen molar-refractivity contribution in [2.45, 2.75) is 52.5 Å². The summed E-state index contributed by atoms with van der Waals surface area (Å²) in [6.07, 6.45) is 4.12. The normalized spacial score (nSPS) is 11.3. The van der Waals surface area contributed by atoms with Crippen molar-refractivity contribution < 1.29 is 13.3 Å². The predicted octanol–water partition coefficient (Wildman–Crippen LogP) is 3.91. The molecule has 0 aromatic rings. The molecule has 0 aliphatic rings. The Bertz CT molecular complexity index is 244. The molecular weight excluding hydrogens is 262 g/mol. The molecule has 0 heterocycles. The predicted molar refractivity (Wildman–Crippen MR) is 77.9 cm³/mol. The fraction of sp³-hybridized carbons (Fsp3) is 1.00. The van der Waals surface area contributed by atoms with Gasteiger partial charge in [-0.05, 0) is 39.1 Å². The lowest BCUT2D eigenvalue weighted by atomic mass is 10.2. The van der Waals surface area contributed by atoms with E-state index in [1.54, 1.807) is 0 Å². The highest BCUT2D eigenvalue weighted by molar-refractivity contribution is 6.60. The topological polar surface area (TPSA) is 76.5 Å². The highest BCUT2D eigenvalue weighted by Crippen LogP contribution is 2.20. The molecule has 112 valence electrons. The lowest BCUT2D eigenvalue weighted by molar-refractivity contribution is 0.0706. The standard InChI is InChI=1S/C12H27N3O3Si/c1-4-16-19(17-5-2,18-6-3)12-10-8-7-9-11-14-15-13/h4-12H2,1-3H3. The molecule has 0 aromatic heterocycles. The van der Waals surface area contributed by atoms with E-state index in [2.05, 4.69) is 10.0 Å². The first kappa shape index (κ1) is 18.4. The molecule has 0 unspecified atom stereocenters. The monoisotopic (exact) mass is 289 g/mol. The molecule has 0 saturated carbocycles. The van der Waals surface area contributed by atoms with E-state index in [9.17, 15) is 0 Å². The van der Waals surface area contributed by atoms with Gasteiger partial charge in [-0.3, -0.25) is 0 Å². The first-order valence-electron chi connectivity index (χ1n) is 7.17. The third-order valence-electron chi connectivity index (χ3n) is 2.65. The minimum Gasteiger partial charge on any atom is -0.374 e. The van der Waals surface area contributed by atoms with Gasteiger partial charge in [-0.2, -0.15) is 0 Å². The Labute approximate surface area is 117 Å². The summed E-state index contributed by atoms with van der Waals surface area (Å²) in [5.74, 6) is 0. The van der Waals surface area contributed by atoms with Gasteiger partial charge >= 0.3 is 8.80 Å². The van der Waals surface area contributed by atoms with Crippen molar-refractivity contribution in [1.29, 1.82) is 0 Å². The molecule has 0 aliphatic carbocycles. The van der Waals surface area contributed by atoms with Crippen LogP contribution in [0.2, 0.25) is 6.04 Å². The average molecular weight is 289 g/mol. The van der Waals surface area contributed by atoms with E-state index in [1.165, 1.54) is 0 Å². The van der Waals surface area contributed by atoms with Crippen LogP contribution in [0.15, 0.2) is 5.11 Å². The quantitative estimate of drug-likeness (QED) is 0.169. The second-order valence-electron chi connectivity index (χ2n) is 4.10. The van der Waals surface area contributed by atoms with Gasteiger partial charge in [0.1, 0.15) is 0 Å². The fourth-order valence-corrected chi connectivity index (χ4v) is 4.61. The molecular formula is C12H27N3O3Si. The molecule has 0 fully saturated rings. The zero-order valence-electron chi connectivity index (χ0n) is 12.4. The van der Waals surface area contributed by atoms with Crippen LogP contribution in [0, 0.1) is 0 Å². The van der Waals surface area contributed by atoms with Crippen LogP contribution >= 0.6 is 0 Å². The van der Waals surface area contributed by atoms with Crippen molar-refractivity contribution >= 4 is 8.80 Å². The Hall–Kier alpha value is -0.593. The van der Waals surface area contributed by atoms with Gasteiger partial charge in [0.05, 0.1) is 0 Å². The number of azide groups is 1. The molecule has 0 rings (SSSR count). The summed E-state index contributed by atoms with van der Waals surface area (Å²) in [5.41, 5.74) is 8.17. The van der Waals surface area contributed by atoms with E-state index in [-0.39, 0.29) is 0 Å². The van der Waals surface area contributed by atoms with Gasteiger partial charge in [-0.15, -0.1) is 0 Å². The Kier molecular flexibility index (Phi) is 12.1. The van der Waals surface area contributed by atoms with Crippen LogP contribution in [0.4, 0.5) is 0 Å². The lowest BCUT2D eigenvalue weighted by Crippen LogP contribution is -2.45. The van der Waals surface area contributed by atoms with Crippen LogP contribution < -0.4 is 0 Å². The summed E-state index contributed by atoms with van der Waals surface area (Å²) >= 11 is 0. The van der Waals surface area contributed by atoms with Gasteiger partial charge in [0.2, 0.25) is 0 Å². The summed E-state index contributed by atoms with van der Waals surface area (Å²) < 4.78 is 17.4. The molecule has 6 nitrogen and oxygen atoms in total. The zero-order chi connectivity index (χ0) is 14.4. The maximum atomic E-state index is 8.17. The minimum absolute atomic E-state index is 0.585. The zero-order valence-corrected chi connectivity index (χ0v) is 13.4. The highest BCUT2D eigenvalue weighted by Gasteiger charge is 2.39. The second kappa shape index (κ2) is 12.4. The van der Waals surface area contributed by atoms with E-state index in [0.29, 0.717) is 26.4 Å². The minimum atomic E-state index is -2.45. The van der Waals surface area contributed by atoms with Gasteiger partial charge < -0.3 is 13.3 Å². The number of unbranched alkanes of at least 4 members (excludes halogenated alkanes) is 3. The van der Waals surface area contributed by atoms with Crippen LogP contribution in [0.25, 0.3) is 10.4 Å². The summed E-state index contributed by atoms with van der Waals surface area (Å²) in [6.45, 7) is 8.38. The molecule has 7 heteroatoms. The van der Waals surface area contributed by atoms with Crippen LogP contribution in [-0.4, -0.2) is 35.2 Å². The Morgan fingerprint density at radius 3 is 1.89 bits per heavy atom. The van der Waals surface area contributed by atoms with Crippen molar-refractivity contribution in [2.75, 3.05) is 26.4 Å². The van der Waals surface area contributed by atoms with Crippen molar-refractivity contribution in [3.8, 4) is 0 Å². The lowest BCUT2D eigenvalue weighted by Gasteiger charge is -2.28. The Morgan fingerprint density at radius 1 is 0.895 bits per heavy atom.